The number of hydrogen-bond donors (Lipinski definition) is 2. The minimum absolute atomic E-state index is 0.0969. The van der Waals surface area contributed by atoms with E-state index in [0.29, 0.717) is 12.8 Å². The van der Waals surface area contributed by atoms with E-state index in [9.17, 15) is 10.2 Å². The number of aliphatic hydroxyl groups excluding tert-OH is 2. The van der Waals surface area contributed by atoms with Crippen molar-refractivity contribution in [2.24, 2.45) is 10.8 Å². The molecule has 4 fully saturated rings. The van der Waals surface area contributed by atoms with Gasteiger partial charge in [0.15, 0.2) is 0 Å². The minimum atomic E-state index is -0.294. The van der Waals surface area contributed by atoms with Crippen LogP contribution in [0.25, 0.3) is 0 Å². The predicted molar refractivity (Wildman–Crippen MR) is 183 cm³/mol. The molecule has 2 aliphatic carbocycles. The normalized spacial score (nSPS) is 39.2. The molecule has 0 aromatic carbocycles. The molecule has 2 saturated heterocycles. The SMILES string of the molecule is CC(/C=C\[C@]12O[C@@]1(C)C[C@H](O)CC2(C)C)=C/C=C/C(C)=C\C=C/C=C(C)/C=C/C=C(C)/C=C/[C@]12O[C@@]1(C)C[C@H](O)CC2(C)C. The molecule has 2 N–H and O–H groups in total. The largest absolute Gasteiger partial charge is 0.393 e. The number of allylic oxidation sites excluding steroid dienone is 16. The average molecular weight is 601 g/mol. The van der Waals surface area contributed by atoms with Crippen LogP contribution in [0.5, 0.6) is 0 Å². The van der Waals surface area contributed by atoms with Gasteiger partial charge in [0.1, 0.15) is 22.4 Å². The van der Waals surface area contributed by atoms with Gasteiger partial charge < -0.3 is 19.7 Å². The molecule has 240 valence electrons. The van der Waals surface area contributed by atoms with Crippen molar-refractivity contribution in [2.45, 2.75) is 130 Å². The van der Waals surface area contributed by atoms with Crippen LogP contribution < -0.4 is 0 Å². The van der Waals surface area contributed by atoms with Crippen molar-refractivity contribution < 1.29 is 19.7 Å². The lowest BCUT2D eigenvalue weighted by atomic mass is 9.63. The van der Waals surface area contributed by atoms with E-state index in [2.05, 4.69) is 154 Å². The Kier molecular flexibility index (Phi) is 9.66. The van der Waals surface area contributed by atoms with E-state index in [4.69, 9.17) is 9.47 Å². The van der Waals surface area contributed by atoms with Gasteiger partial charge in [0, 0.05) is 23.7 Å². The summed E-state index contributed by atoms with van der Waals surface area (Å²) >= 11 is 0. The average Bonchev–Trinajstić information content (AvgIpc) is 3.73. The first-order chi connectivity index (χ1) is 20.4. The van der Waals surface area contributed by atoms with Gasteiger partial charge in [-0.05, 0) is 66.5 Å². The van der Waals surface area contributed by atoms with Crippen LogP contribution in [0.2, 0.25) is 0 Å². The maximum Gasteiger partial charge on any atom is 0.121 e. The van der Waals surface area contributed by atoms with E-state index < -0.39 is 0 Å². The molecule has 4 nitrogen and oxygen atoms in total. The van der Waals surface area contributed by atoms with Gasteiger partial charge in [0.2, 0.25) is 0 Å². The number of aliphatic hydroxyl groups is 2. The Balaban J connectivity index is 1.25. The highest BCUT2D eigenvalue weighted by molar-refractivity contribution is 5.38. The zero-order valence-electron chi connectivity index (χ0n) is 28.8. The van der Waals surface area contributed by atoms with E-state index in [0.717, 1.165) is 12.8 Å². The van der Waals surface area contributed by atoms with Crippen LogP contribution in [0.1, 0.15) is 94.9 Å². The van der Waals surface area contributed by atoms with Gasteiger partial charge in [-0.1, -0.05) is 123 Å². The van der Waals surface area contributed by atoms with Crippen LogP contribution in [0.4, 0.5) is 0 Å². The first-order valence-corrected chi connectivity index (χ1v) is 16.3. The second-order valence-electron chi connectivity index (χ2n) is 15.4. The third-order valence-electron chi connectivity index (χ3n) is 10.4. The summed E-state index contributed by atoms with van der Waals surface area (Å²) in [5.41, 5.74) is 3.36. The van der Waals surface area contributed by atoms with Crippen molar-refractivity contribution >= 4 is 0 Å². The van der Waals surface area contributed by atoms with Crippen LogP contribution in [0.15, 0.2) is 107 Å². The van der Waals surface area contributed by atoms with E-state index in [1.165, 1.54) is 22.3 Å². The highest BCUT2D eigenvalue weighted by Gasteiger charge is 2.75. The highest BCUT2D eigenvalue weighted by atomic mass is 16.6. The first-order valence-electron chi connectivity index (χ1n) is 16.3. The Labute approximate surface area is 267 Å². The predicted octanol–water partition coefficient (Wildman–Crippen LogP) is 8.97. The Bertz CT molecular complexity index is 1270. The molecule has 0 radical (unpaired) electrons. The lowest BCUT2D eigenvalue weighted by molar-refractivity contribution is 0.0510. The Morgan fingerprint density at radius 1 is 0.500 bits per heavy atom. The molecule has 0 aromatic rings. The van der Waals surface area contributed by atoms with Crippen molar-refractivity contribution in [2.75, 3.05) is 0 Å². The monoisotopic (exact) mass is 600 g/mol. The topological polar surface area (TPSA) is 65.5 Å². The lowest BCUT2D eigenvalue weighted by Crippen LogP contribution is -2.46. The Morgan fingerprint density at radius 3 is 1.16 bits per heavy atom. The third-order valence-corrected chi connectivity index (χ3v) is 10.4. The molecule has 2 aliphatic heterocycles. The molecule has 4 aliphatic rings. The van der Waals surface area contributed by atoms with Crippen LogP contribution in [-0.2, 0) is 9.47 Å². The van der Waals surface area contributed by atoms with Crippen molar-refractivity contribution in [3.05, 3.63) is 107 Å². The molecule has 2 saturated carbocycles. The fourth-order valence-electron chi connectivity index (χ4n) is 7.99. The second-order valence-corrected chi connectivity index (χ2v) is 15.4. The van der Waals surface area contributed by atoms with Crippen LogP contribution in [0, 0.1) is 10.8 Å². The number of ether oxygens (including phenoxy) is 2. The molecular formula is C40H56O4. The summed E-state index contributed by atoms with van der Waals surface area (Å²) in [6.07, 6.45) is 32.0. The van der Waals surface area contributed by atoms with Crippen LogP contribution in [0.3, 0.4) is 0 Å². The second kappa shape index (κ2) is 12.4. The summed E-state index contributed by atoms with van der Waals surface area (Å²) in [6.45, 7) is 21.4. The third kappa shape index (κ3) is 6.84. The van der Waals surface area contributed by atoms with Crippen molar-refractivity contribution in [3.63, 3.8) is 0 Å². The molecular weight excluding hydrogens is 544 g/mol. The summed E-state index contributed by atoms with van der Waals surface area (Å²) in [6, 6.07) is 0. The molecule has 0 bridgehead atoms. The van der Waals surface area contributed by atoms with Crippen molar-refractivity contribution in [3.8, 4) is 0 Å². The van der Waals surface area contributed by atoms with Gasteiger partial charge in [-0.2, -0.15) is 0 Å². The fourth-order valence-corrected chi connectivity index (χ4v) is 7.99. The minimum Gasteiger partial charge on any atom is -0.393 e. The molecule has 0 amide bonds. The van der Waals surface area contributed by atoms with E-state index in [1.54, 1.807) is 0 Å². The molecule has 0 unspecified atom stereocenters. The first kappa shape index (κ1) is 34.4. The summed E-state index contributed by atoms with van der Waals surface area (Å²) in [5, 5.41) is 20.5. The molecule has 4 heteroatoms. The van der Waals surface area contributed by atoms with Gasteiger partial charge in [-0.15, -0.1) is 0 Å². The lowest BCUT2D eigenvalue weighted by Gasteiger charge is -2.39. The quantitative estimate of drug-likeness (QED) is 0.194. The molecule has 0 aromatic heterocycles. The Morgan fingerprint density at radius 2 is 0.818 bits per heavy atom. The van der Waals surface area contributed by atoms with E-state index in [1.807, 2.05) is 0 Å². The van der Waals surface area contributed by atoms with Crippen molar-refractivity contribution in [1.82, 2.24) is 0 Å². The zero-order valence-corrected chi connectivity index (χ0v) is 28.8. The summed E-state index contributed by atoms with van der Waals surface area (Å²) in [5.74, 6) is 0. The van der Waals surface area contributed by atoms with E-state index >= 15 is 0 Å². The molecule has 0 spiro atoms. The molecule has 4 rings (SSSR count). The summed E-state index contributed by atoms with van der Waals surface area (Å²) < 4.78 is 12.5. The maximum atomic E-state index is 10.3. The van der Waals surface area contributed by atoms with Gasteiger partial charge in [-0.25, -0.2) is 0 Å². The highest BCUT2D eigenvalue weighted by Crippen LogP contribution is 2.67. The van der Waals surface area contributed by atoms with Gasteiger partial charge in [-0.3, -0.25) is 0 Å². The number of rotatable bonds is 10. The number of epoxide rings is 2. The Hall–Kier alpha value is -2.50. The van der Waals surface area contributed by atoms with E-state index in [-0.39, 0.29) is 45.4 Å². The molecule has 2 heterocycles. The number of hydrogen-bond acceptors (Lipinski definition) is 4. The number of fused-ring (bicyclic) bond motifs is 2. The van der Waals surface area contributed by atoms with Gasteiger partial charge in [0.25, 0.3) is 0 Å². The van der Waals surface area contributed by atoms with Crippen LogP contribution >= 0.6 is 0 Å². The van der Waals surface area contributed by atoms with Crippen molar-refractivity contribution in [1.29, 1.82) is 0 Å². The molecule has 6 atom stereocenters. The van der Waals surface area contributed by atoms with Gasteiger partial charge in [0.05, 0.1) is 12.2 Å². The fraction of sp³-hybridized carbons (Fsp3) is 0.550. The maximum absolute atomic E-state index is 10.3. The standard InChI is InChI=1S/C40H56O4/c1-29(17-13-19-31(3)21-23-39-35(5,6)25-33(41)27-37(39,9)43-39)15-11-12-16-30(2)18-14-20-32(4)22-24-40-36(7,8)26-34(42)28-38(40,10)44-40/h11-24,33-34,41-42H,25-28H2,1-10H3/b12-11-,17-13+,18-14+,23-21-,24-22+,29-15-,30-16+,31-19-,32-20+/t33-,34-,37+,38+,39-,40-/m1/s1. The summed E-state index contributed by atoms with van der Waals surface area (Å²) in [7, 11) is 0. The van der Waals surface area contributed by atoms with Crippen LogP contribution in [-0.4, -0.2) is 44.8 Å². The zero-order chi connectivity index (χ0) is 32.6. The molecule has 44 heavy (non-hydrogen) atoms. The summed E-state index contributed by atoms with van der Waals surface area (Å²) in [4.78, 5) is 0. The smallest absolute Gasteiger partial charge is 0.121 e. The van der Waals surface area contributed by atoms with Gasteiger partial charge >= 0.3 is 0 Å².